The Morgan fingerprint density at radius 2 is 2.11 bits per heavy atom. The highest BCUT2D eigenvalue weighted by Crippen LogP contribution is 2.18. The van der Waals surface area contributed by atoms with E-state index in [1.807, 2.05) is 0 Å². The SMILES string of the molecule is CCOC(=O)C(F)Oc1ccc(C(N)=O)c(F)c1. The number of amides is 1. The average Bonchev–Trinajstić information content (AvgIpc) is 2.28. The number of carbonyl (C=O) groups is 2. The summed E-state index contributed by atoms with van der Waals surface area (Å²) < 4.78 is 35.3. The first-order valence-corrected chi connectivity index (χ1v) is 5.02. The lowest BCUT2D eigenvalue weighted by molar-refractivity contribution is -0.159. The number of hydrogen-bond acceptors (Lipinski definition) is 4. The summed E-state index contributed by atoms with van der Waals surface area (Å²) in [5.74, 6) is -3.38. The molecule has 1 unspecified atom stereocenters. The second kappa shape index (κ2) is 5.95. The molecule has 1 amide bonds. The van der Waals surface area contributed by atoms with Crippen LogP contribution in [0, 0.1) is 5.82 Å². The lowest BCUT2D eigenvalue weighted by Gasteiger charge is -2.10. The van der Waals surface area contributed by atoms with Gasteiger partial charge in [-0.1, -0.05) is 0 Å². The molecule has 1 rings (SSSR count). The zero-order valence-corrected chi connectivity index (χ0v) is 9.48. The van der Waals surface area contributed by atoms with Gasteiger partial charge >= 0.3 is 12.3 Å². The van der Waals surface area contributed by atoms with Crippen LogP contribution in [0.2, 0.25) is 0 Å². The summed E-state index contributed by atoms with van der Waals surface area (Å²) in [6.07, 6.45) is -2.36. The third kappa shape index (κ3) is 3.41. The predicted octanol–water partition coefficient (Wildman–Crippen LogP) is 1.16. The topological polar surface area (TPSA) is 78.6 Å². The molecule has 0 spiro atoms. The van der Waals surface area contributed by atoms with Crippen molar-refractivity contribution in [3.63, 3.8) is 0 Å². The van der Waals surface area contributed by atoms with Gasteiger partial charge < -0.3 is 15.2 Å². The number of nitrogens with two attached hydrogens (primary N) is 1. The average molecular weight is 259 g/mol. The van der Waals surface area contributed by atoms with E-state index in [0.717, 1.165) is 18.2 Å². The highest BCUT2D eigenvalue weighted by Gasteiger charge is 2.21. The van der Waals surface area contributed by atoms with Gasteiger partial charge in [0.15, 0.2) is 0 Å². The van der Waals surface area contributed by atoms with E-state index in [-0.39, 0.29) is 17.9 Å². The molecule has 0 saturated heterocycles. The van der Waals surface area contributed by atoms with Crippen LogP contribution in [0.3, 0.4) is 0 Å². The number of carbonyl (C=O) groups excluding carboxylic acids is 2. The van der Waals surface area contributed by atoms with Crippen molar-refractivity contribution in [2.24, 2.45) is 5.73 Å². The first-order valence-electron chi connectivity index (χ1n) is 5.02. The molecular formula is C11H11F2NO4. The summed E-state index contributed by atoms with van der Waals surface area (Å²) in [7, 11) is 0. The van der Waals surface area contributed by atoms with Crippen molar-refractivity contribution in [2.75, 3.05) is 6.61 Å². The van der Waals surface area contributed by atoms with Crippen LogP contribution in [-0.4, -0.2) is 24.8 Å². The van der Waals surface area contributed by atoms with Crippen LogP contribution in [0.15, 0.2) is 18.2 Å². The second-order valence-corrected chi connectivity index (χ2v) is 3.19. The Bertz CT molecular complexity index is 464. The number of halogens is 2. The van der Waals surface area contributed by atoms with Crippen molar-refractivity contribution in [1.29, 1.82) is 0 Å². The van der Waals surface area contributed by atoms with Gasteiger partial charge in [-0.25, -0.2) is 9.18 Å². The minimum atomic E-state index is -2.36. The summed E-state index contributed by atoms with van der Waals surface area (Å²) in [5.41, 5.74) is 4.53. The van der Waals surface area contributed by atoms with Gasteiger partial charge in [0.2, 0.25) is 0 Å². The third-order valence-corrected chi connectivity index (χ3v) is 1.92. The molecule has 0 radical (unpaired) electrons. The van der Waals surface area contributed by atoms with Gasteiger partial charge in [0, 0.05) is 6.07 Å². The van der Waals surface area contributed by atoms with E-state index < -0.39 is 24.1 Å². The molecule has 1 atom stereocenters. The predicted molar refractivity (Wildman–Crippen MR) is 57.1 cm³/mol. The van der Waals surface area contributed by atoms with Crippen LogP contribution in [0.1, 0.15) is 17.3 Å². The van der Waals surface area contributed by atoms with Gasteiger partial charge in [0.05, 0.1) is 12.2 Å². The molecule has 0 aromatic heterocycles. The second-order valence-electron chi connectivity index (χ2n) is 3.19. The molecule has 0 saturated carbocycles. The Morgan fingerprint density at radius 3 is 2.61 bits per heavy atom. The molecule has 0 fully saturated rings. The fourth-order valence-corrected chi connectivity index (χ4v) is 1.14. The number of alkyl halides is 1. The number of esters is 1. The quantitative estimate of drug-likeness (QED) is 0.805. The standard InChI is InChI=1S/C11H11F2NO4/c1-2-17-11(16)9(13)18-6-3-4-7(10(14)15)8(12)5-6/h3-5,9H,2H2,1H3,(H2,14,15). The molecule has 0 heterocycles. The molecule has 1 aromatic rings. The fraction of sp³-hybridized carbons (Fsp3) is 0.273. The molecular weight excluding hydrogens is 248 g/mol. The number of rotatable bonds is 5. The van der Waals surface area contributed by atoms with Crippen molar-refractivity contribution in [2.45, 2.75) is 13.3 Å². The van der Waals surface area contributed by atoms with Gasteiger partial charge in [-0.15, -0.1) is 0 Å². The van der Waals surface area contributed by atoms with Crippen molar-refractivity contribution in [3.05, 3.63) is 29.6 Å². The van der Waals surface area contributed by atoms with Crippen LogP contribution >= 0.6 is 0 Å². The molecule has 7 heteroatoms. The van der Waals surface area contributed by atoms with Crippen LogP contribution < -0.4 is 10.5 Å². The fourth-order valence-electron chi connectivity index (χ4n) is 1.14. The Hall–Kier alpha value is -2.18. The number of hydrogen-bond donors (Lipinski definition) is 1. The van der Waals surface area contributed by atoms with E-state index in [4.69, 9.17) is 5.73 Å². The zero-order chi connectivity index (χ0) is 13.7. The van der Waals surface area contributed by atoms with Crippen molar-refractivity contribution < 1.29 is 27.8 Å². The van der Waals surface area contributed by atoms with E-state index in [9.17, 15) is 18.4 Å². The highest BCUT2D eigenvalue weighted by atomic mass is 19.1. The highest BCUT2D eigenvalue weighted by molar-refractivity contribution is 5.93. The maximum absolute atomic E-state index is 13.3. The summed E-state index contributed by atoms with van der Waals surface area (Å²) in [6, 6.07) is 2.91. The molecule has 0 bridgehead atoms. The summed E-state index contributed by atoms with van der Waals surface area (Å²) in [6.45, 7) is 1.50. The largest absolute Gasteiger partial charge is 0.461 e. The molecule has 5 nitrogen and oxygen atoms in total. The Morgan fingerprint density at radius 1 is 1.44 bits per heavy atom. The van der Waals surface area contributed by atoms with E-state index in [0.29, 0.717) is 0 Å². The van der Waals surface area contributed by atoms with Gasteiger partial charge in [0.1, 0.15) is 11.6 Å². The molecule has 1 aromatic carbocycles. The summed E-state index contributed by atoms with van der Waals surface area (Å²) in [5, 5.41) is 0. The Labute approximate surface area is 101 Å². The van der Waals surface area contributed by atoms with Crippen molar-refractivity contribution in [3.8, 4) is 5.75 Å². The van der Waals surface area contributed by atoms with E-state index in [2.05, 4.69) is 9.47 Å². The van der Waals surface area contributed by atoms with E-state index >= 15 is 0 Å². The van der Waals surface area contributed by atoms with Crippen LogP contribution in [0.4, 0.5) is 8.78 Å². The first-order chi connectivity index (χ1) is 8.45. The lowest BCUT2D eigenvalue weighted by atomic mass is 10.2. The minimum absolute atomic E-state index is 0.00239. The molecule has 0 aliphatic rings. The maximum atomic E-state index is 13.3. The van der Waals surface area contributed by atoms with Gasteiger partial charge in [-0.2, -0.15) is 4.39 Å². The van der Waals surface area contributed by atoms with Gasteiger partial charge in [-0.3, -0.25) is 4.79 Å². The lowest BCUT2D eigenvalue weighted by Crippen LogP contribution is -2.24. The Kier molecular flexibility index (Phi) is 4.59. The Balaban J connectivity index is 2.77. The summed E-state index contributed by atoms with van der Waals surface area (Å²) >= 11 is 0. The first kappa shape index (κ1) is 13.9. The van der Waals surface area contributed by atoms with Crippen molar-refractivity contribution >= 4 is 11.9 Å². The van der Waals surface area contributed by atoms with Crippen molar-refractivity contribution in [1.82, 2.24) is 0 Å². The maximum Gasteiger partial charge on any atom is 0.381 e. The number of benzene rings is 1. The van der Waals surface area contributed by atoms with Gasteiger partial charge in [-0.05, 0) is 19.1 Å². The van der Waals surface area contributed by atoms with Gasteiger partial charge in [0.25, 0.3) is 5.91 Å². The molecule has 98 valence electrons. The van der Waals surface area contributed by atoms with Crippen LogP contribution in [0.25, 0.3) is 0 Å². The molecule has 18 heavy (non-hydrogen) atoms. The normalized spacial score (nSPS) is 11.7. The number of primary amides is 1. The summed E-state index contributed by atoms with van der Waals surface area (Å²) in [4.78, 5) is 21.7. The molecule has 0 aliphatic carbocycles. The smallest absolute Gasteiger partial charge is 0.381 e. The van der Waals surface area contributed by atoms with Crippen LogP contribution in [-0.2, 0) is 9.53 Å². The zero-order valence-electron chi connectivity index (χ0n) is 9.48. The van der Waals surface area contributed by atoms with E-state index in [1.165, 1.54) is 6.92 Å². The minimum Gasteiger partial charge on any atom is -0.461 e. The molecule has 2 N–H and O–H groups in total. The number of ether oxygens (including phenoxy) is 2. The monoisotopic (exact) mass is 259 g/mol. The third-order valence-electron chi connectivity index (χ3n) is 1.92. The van der Waals surface area contributed by atoms with E-state index in [1.54, 1.807) is 0 Å². The molecule has 0 aliphatic heterocycles. The van der Waals surface area contributed by atoms with Crippen LogP contribution in [0.5, 0.6) is 5.75 Å².